The van der Waals surface area contributed by atoms with Gasteiger partial charge in [0.05, 0.1) is 17.4 Å². The van der Waals surface area contributed by atoms with Gasteiger partial charge in [0, 0.05) is 5.02 Å². The van der Waals surface area contributed by atoms with Crippen LogP contribution in [0.4, 0.5) is 11.4 Å². The van der Waals surface area contributed by atoms with E-state index in [1.54, 1.807) is 29.3 Å². The highest BCUT2D eigenvalue weighted by atomic mass is 35.5. The highest BCUT2D eigenvalue weighted by molar-refractivity contribution is 6.31. The van der Waals surface area contributed by atoms with Gasteiger partial charge in [-0.1, -0.05) is 61.0 Å². The van der Waals surface area contributed by atoms with Crippen molar-refractivity contribution >= 4 is 34.8 Å². The molecule has 156 valence electrons. The summed E-state index contributed by atoms with van der Waals surface area (Å²) in [6, 6.07) is 24.0. The van der Waals surface area contributed by atoms with Gasteiger partial charge in [0.15, 0.2) is 6.10 Å². The molecule has 2 fully saturated rings. The Morgan fingerprint density at radius 2 is 1.52 bits per heavy atom. The molecular formula is C25H21ClN2O3. The van der Waals surface area contributed by atoms with Crippen molar-refractivity contribution < 1.29 is 14.4 Å². The summed E-state index contributed by atoms with van der Waals surface area (Å²) in [4.78, 5) is 34.2. The summed E-state index contributed by atoms with van der Waals surface area (Å²) in [5.41, 5.74) is 3.46. The second kappa shape index (κ2) is 7.84. The molecule has 5 nitrogen and oxygen atoms in total. The second-order valence-corrected chi connectivity index (χ2v) is 8.18. The van der Waals surface area contributed by atoms with Crippen molar-refractivity contribution in [1.82, 2.24) is 0 Å². The molecule has 5 rings (SSSR count). The van der Waals surface area contributed by atoms with Gasteiger partial charge in [-0.25, -0.2) is 9.96 Å². The number of hydrogen-bond donors (Lipinski definition) is 0. The molecule has 0 unspecified atom stereocenters. The first-order valence-electron chi connectivity index (χ1n) is 10.3. The van der Waals surface area contributed by atoms with Crippen LogP contribution in [0.5, 0.6) is 0 Å². The highest BCUT2D eigenvalue weighted by Crippen LogP contribution is 2.47. The molecule has 2 heterocycles. The SMILES string of the molecule is CCc1ccc([C@@H]2[C@@H]3C(=O)N(c4ccc(Cl)cc4)C(=O)[C@@H]3ON2c2ccccc2)cc1. The number of hydroxylamine groups is 1. The average molecular weight is 433 g/mol. The van der Waals surface area contributed by atoms with E-state index in [1.165, 1.54) is 10.5 Å². The third-order valence-electron chi connectivity index (χ3n) is 5.94. The standard InChI is InChI=1S/C25H21ClN2O3/c1-2-16-8-10-17(11-9-16)22-21-23(31-28(22)20-6-4-3-5-7-20)25(30)27(24(21)29)19-14-12-18(26)13-15-19/h3-15,21-23H,2H2,1H3/t21-,22+,23+/m0/s1. The number of carbonyl (C=O) groups is 2. The number of fused-ring (bicyclic) bond motifs is 1. The van der Waals surface area contributed by atoms with Crippen LogP contribution in [-0.4, -0.2) is 17.9 Å². The number of aryl methyl sites for hydroxylation is 1. The van der Waals surface area contributed by atoms with Crippen LogP contribution in [0.2, 0.25) is 5.02 Å². The van der Waals surface area contributed by atoms with E-state index in [0.717, 1.165) is 17.7 Å². The minimum absolute atomic E-state index is 0.264. The Bertz CT molecular complexity index is 1120. The van der Waals surface area contributed by atoms with Gasteiger partial charge in [0.2, 0.25) is 5.91 Å². The number of anilines is 2. The van der Waals surface area contributed by atoms with Crippen molar-refractivity contribution in [2.45, 2.75) is 25.5 Å². The minimum Gasteiger partial charge on any atom is -0.273 e. The Kier molecular flexibility index (Phi) is 5.00. The largest absolute Gasteiger partial charge is 0.273 e. The normalized spacial score (nSPS) is 22.8. The summed E-state index contributed by atoms with van der Waals surface area (Å²) in [7, 11) is 0. The third-order valence-corrected chi connectivity index (χ3v) is 6.19. The second-order valence-electron chi connectivity index (χ2n) is 7.74. The van der Waals surface area contributed by atoms with Crippen LogP contribution in [0.3, 0.4) is 0 Å². The zero-order chi connectivity index (χ0) is 21.5. The van der Waals surface area contributed by atoms with Crippen LogP contribution in [0, 0.1) is 5.92 Å². The molecule has 2 aliphatic heterocycles. The number of hydrogen-bond acceptors (Lipinski definition) is 4. The lowest BCUT2D eigenvalue weighted by atomic mass is 9.90. The molecular weight excluding hydrogens is 412 g/mol. The van der Waals surface area contributed by atoms with E-state index in [0.29, 0.717) is 10.7 Å². The van der Waals surface area contributed by atoms with Gasteiger partial charge in [-0.15, -0.1) is 0 Å². The first kappa shape index (κ1) is 19.8. The fraction of sp³-hybridized carbons (Fsp3) is 0.200. The number of para-hydroxylation sites is 1. The molecule has 0 saturated carbocycles. The van der Waals surface area contributed by atoms with E-state index in [1.807, 2.05) is 42.5 Å². The van der Waals surface area contributed by atoms with Crippen LogP contribution in [0.1, 0.15) is 24.1 Å². The molecule has 3 aromatic rings. The van der Waals surface area contributed by atoms with Crippen LogP contribution in [-0.2, 0) is 20.8 Å². The van der Waals surface area contributed by atoms with E-state index < -0.39 is 18.1 Å². The van der Waals surface area contributed by atoms with Crippen molar-refractivity contribution in [3.63, 3.8) is 0 Å². The molecule has 3 atom stereocenters. The Morgan fingerprint density at radius 3 is 2.16 bits per heavy atom. The summed E-state index contributed by atoms with van der Waals surface area (Å²) in [6.07, 6.45) is 0.0525. The van der Waals surface area contributed by atoms with Crippen molar-refractivity contribution in [2.24, 2.45) is 5.92 Å². The van der Waals surface area contributed by atoms with Crippen LogP contribution in [0.25, 0.3) is 0 Å². The Labute approximate surface area is 185 Å². The first-order valence-corrected chi connectivity index (χ1v) is 10.7. The lowest BCUT2D eigenvalue weighted by molar-refractivity contribution is -0.126. The summed E-state index contributed by atoms with van der Waals surface area (Å²) in [5.74, 6) is -1.26. The summed E-state index contributed by atoms with van der Waals surface area (Å²) in [5, 5.41) is 2.26. The van der Waals surface area contributed by atoms with E-state index in [9.17, 15) is 9.59 Å². The Balaban J connectivity index is 1.57. The summed E-state index contributed by atoms with van der Waals surface area (Å²) in [6.45, 7) is 2.10. The average Bonchev–Trinajstić information content (AvgIpc) is 3.31. The third kappa shape index (κ3) is 3.30. The zero-order valence-electron chi connectivity index (χ0n) is 16.9. The number of benzene rings is 3. The fourth-order valence-electron chi connectivity index (χ4n) is 4.35. The molecule has 0 radical (unpaired) electrons. The van der Waals surface area contributed by atoms with Gasteiger partial charge in [0.25, 0.3) is 5.91 Å². The van der Waals surface area contributed by atoms with Gasteiger partial charge in [-0.3, -0.25) is 14.4 Å². The molecule has 2 aliphatic rings. The van der Waals surface area contributed by atoms with E-state index in [-0.39, 0.29) is 11.8 Å². The first-order chi connectivity index (χ1) is 15.1. The van der Waals surface area contributed by atoms with Gasteiger partial charge in [0.1, 0.15) is 5.92 Å². The van der Waals surface area contributed by atoms with Gasteiger partial charge >= 0.3 is 0 Å². The maximum absolute atomic E-state index is 13.5. The van der Waals surface area contributed by atoms with Crippen LogP contribution >= 0.6 is 11.6 Å². The number of amides is 2. The number of nitrogens with zero attached hydrogens (tertiary/aromatic N) is 2. The van der Waals surface area contributed by atoms with E-state index in [2.05, 4.69) is 19.1 Å². The molecule has 0 spiro atoms. The van der Waals surface area contributed by atoms with Crippen molar-refractivity contribution in [3.8, 4) is 0 Å². The topological polar surface area (TPSA) is 49.9 Å². The smallest absolute Gasteiger partial charge is 0.266 e. The molecule has 0 bridgehead atoms. The Morgan fingerprint density at radius 1 is 0.839 bits per heavy atom. The monoisotopic (exact) mass is 432 g/mol. The molecule has 31 heavy (non-hydrogen) atoms. The molecule has 0 N–H and O–H groups in total. The molecule has 6 heteroatoms. The van der Waals surface area contributed by atoms with Crippen molar-refractivity contribution in [1.29, 1.82) is 0 Å². The predicted molar refractivity (Wildman–Crippen MR) is 120 cm³/mol. The molecule has 2 saturated heterocycles. The Hall–Kier alpha value is -3.15. The number of carbonyl (C=O) groups excluding carboxylic acids is 2. The minimum atomic E-state index is -0.876. The van der Waals surface area contributed by atoms with Gasteiger partial charge < -0.3 is 0 Å². The number of rotatable bonds is 4. The van der Waals surface area contributed by atoms with E-state index >= 15 is 0 Å². The molecule has 2 amide bonds. The van der Waals surface area contributed by atoms with Crippen molar-refractivity contribution in [2.75, 3.05) is 9.96 Å². The maximum atomic E-state index is 13.5. The number of imide groups is 1. The van der Waals surface area contributed by atoms with Gasteiger partial charge in [-0.2, -0.15) is 0 Å². The summed E-state index contributed by atoms with van der Waals surface area (Å²) < 4.78 is 0. The molecule has 0 aromatic heterocycles. The maximum Gasteiger partial charge on any atom is 0.266 e. The zero-order valence-corrected chi connectivity index (χ0v) is 17.7. The quantitative estimate of drug-likeness (QED) is 0.547. The highest BCUT2D eigenvalue weighted by Gasteiger charge is 2.60. The van der Waals surface area contributed by atoms with Crippen LogP contribution in [0.15, 0.2) is 78.9 Å². The molecule has 3 aromatic carbocycles. The van der Waals surface area contributed by atoms with Gasteiger partial charge in [-0.05, 0) is 53.9 Å². The predicted octanol–water partition coefficient (Wildman–Crippen LogP) is 4.95. The van der Waals surface area contributed by atoms with E-state index in [4.69, 9.17) is 16.4 Å². The fourth-order valence-corrected chi connectivity index (χ4v) is 4.47. The van der Waals surface area contributed by atoms with Crippen LogP contribution < -0.4 is 9.96 Å². The summed E-state index contributed by atoms with van der Waals surface area (Å²) >= 11 is 5.98. The van der Waals surface area contributed by atoms with Crippen molar-refractivity contribution in [3.05, 3.63) is 95.0 Å². The molecule has 0 aliphatic carbocycles. The lowest BCUT2D eigenvalue weighted by Gasteiger charge is -2.28. The number of halogens is 1. The lowest BCUT2D eigenvalue weighted by Crippen LogP contribution is -2.37.